The third kappa shape index (κ3) is 5.40. The first kappa shape index (κ1) is 22.1. The van der Waals surface area contributed by atoms with Gasteiger partial charge in [0, 0.05) is 17.1 Å². The number of rotatable bonds is 7. The Hall–Kier alpha value is -3.07. The topological polar surface area (TPSA) is 106 Å². The van der Waals surface area contributed by atoms with Gasteiger partial charge in [-0.25, -0.2) is 0 Å². The molecule has 0 saturated carbocycles. The van der Waals surface area contributed by atoms with Crippen LogP contribution >= 0.6 is 11.6 Å². The third-order valence-electron chi connectivity index (χ3n) is 5.19. The van der Waals surface area contributed by atoms with Crippen LogP contribution in [-0.2, 0) is 16.1 Å². The van der Waals surface area contributed by atoms with Gasteiger partial charge in [-0.2, -0.15) is 0 Å². The van der Waals surface area contributed by atoms with Crippen LogP contribution in [0.25, 0.3) is 0 Å². The fourth-order valence-corrected chi connectivity index (χ4v) is 3.59. The minimum atomic E-state index is -0.674. The molecule has 2 aromatic rings. The maximum atomic E-state index is 12.6. The Bertz CT molecular complexity index is 1010. The molecular formula is C23H23ClN2O6. The van der Waals surface area contributed by atoms with Crippen LogP contribution in [0.5, 0.6) is 11.5 Å². The molecule has 2 heterocycles. The first-order valence-electron chi connectivity index (χ1n) is 10.2. The zero-order chi connectivity index (χ0) is 22.5. The number of hydrogen-bond acceptors (Lipinski definition) is 6. The SMILES string of the molecule is O=C(C[C@H]1C=C[C@@H](NC(=O)c2ccc3c(c2)OCO3)[C@@H](CO)O1)NCc1ccc(Cl)cc1. The summed E-state index contributed by atoms with van der Waals surface area (Å²) in [5.74, 6) is 0.581. The van der Waals surface area contributed by atoms with Crippen molar-refractivity contribution in [3.63, 3.8) is 0 Å². The Morgan fingerprint density at radius 1 is 1.06 bits per heavy atom. The Kier molecular flexibility index (Phi) is 6.94. The van der Waals surface area contributed by atoms with Gasteiger partial charge in [-0.05, 0) is 35.9 Å². The molecule has 3 atom stereocenters. The molecule has 3 N–H and O–H groups in total. The summed E-state index contributed by atoms with van der Waals surface area (Å²) in [5.41, 5.74) is 1.34. The average Bonchev–Trinajstić information content (AvgIpc) is 3.27. The van der Waals surface area contributed by atoms with Gasteiger partial charge >= 0.3 is 0 Å². The lowest BCUT2D eigenvalue weighted by Gasteiger charge is -2.31. The van der Waals surface area contributed by atoms with Crippen LogP contribution in [0.2, 0.25) is 5.02 Å². The normalized spacial score (nSPS) is 21.2. The molecule has 2 aliphatic rings. The molecule has 2 aromatic carbocycles. The third-order valence-corrected chi connectivity index (χ3v) is 5.44. The summed E-state index contributed by atoms with van der Waals surface area (Å²) in [6.07, 6.45) is 2.39. The minimum Gasteiger partial charge on any atom is -0.454 e. The van der Waals surface area contributed by atoms with E-state index in [2.05, 4.69) is 10.6 Å². The zero-order valence-electron chi connectivity index (χ0n) is 17.1. The number of hydrogen-bond donors (Lipinski definition) is 3. The number of carbonyl (C=O) groups is 2. The van der Waals surface area contributed by atoms with Crippen molar-refractivity contribution in [1.29, 1.82) is 0 Å². The summed E-state index contributed by atoms with van der Waals surface area (Å²) in [6.45, 7) is 0.199. The van der Waals surface area contributed by atoms with Gasteiger partial charge in [0.25, 0.3) is 5.91 Å². The number of aliphatic hydroxyl groups is 1. The van der Waals surface area contributed by atoms with E-state index in [0.29, 0.717) is 28.6 Å². The number of aliphatic hydroxyl groups excluding tert-OH is 1. The van der Waals surface area contributed by atoms with Crippen molar-refractivity contribution in [1.82, 2.24) is 10.6 Å². The molecule has 8 nitrogen and oxygen atoms in total. The number of benzene rings is 2. The van der Waals surface area contributed by atoms with Crippen molar-refractivity contribution in [2.24, 2.45) is 0 Å². The van der Waals surface area contributed by atoms with Crippen molar-refractivity contribution >= 4 is 23.4 Å². The first-order chi connectivity index (χ1) is 15.5. The van der Waals surface area contributed by atoms with Crippen LogP contribution < -0.4 is 20.1 Å². The summed E-state index contributed by atoms with van der Waals surface area (Å²) < 4.78 is 16.4. The highest BCUT2D eigenvalue weighted by molar-refractivity contribution is 6.30. The highest BCUT2D eigenvalue weighted by Crippen LogP contribution is 2.32. The molecule has 2 aliphatic heterocycles. The predicted octanol–water partition coefficient (Wildman–Crippen LogP) is 2.19. The lowest BCUT2D eigenvalue weighted by Crippen LogP contribution is -2.49. The smallest absolute Gasteiger partial charge is 0.251 e. The van der Waals surface area contributed by atoms with Crippen LogP contribution in [-0.4, -0.2) is 48.6 Å². The lowest BCUT2D eigenvalue weighted by atomic mass is 10.0. The number of amides is 2. The number of carbonyl (C=O) groups excluding carboxylic acids is 2. The maximum absolute atomic E-state index is 12.6. The summed E-state index contributed by atoms with van der Waals surface area (Å²) >= 11 is 5.86. The highest BCUT2D eigenvalue weighted by Gasteiger charge is 2.29. The van der Waals surface area contributed by atoms with Crippen molar-refractivity contribution in [2.45, 2.75) is 31.2 Å². The molecule has 2 amide bonds. The monoisotopic (exact) mass is 458 g/mol. The number of ether oxygens (including phenoxy) is 3. The zero-order valence-corrected chi connectivity index (χ0v) is 17.9. The van der Waals surface area contributed by atoms with E-state index in [4.69, 9.17) is 25.8 Å². The van der Waals surface area contributed by atoms with Gasteiger partial charge in [0.15, 0.2) is 11.5 Å². The van der Waals surface area contributed by atoms with Gasteiger partial charge in [-0.15, -0.1) is 0 Å². The Morgan fingerprint density at radius 2 is 1.84 bits per heavy atom. The summed E-state index contributed by atoms with van der Waals surface area (Å²) in [4.78, 5) is 24.9. The average molecular weight is 459 g/mol. The molecule has 4 rings (SSSR count). The van der Waals surface area contributed by atoms with E-state index in [1.54, 1.807) is 42.5 Å². The Labute approximate surface area is 190 Å². The minimum absolute atomic E-state index is 0.101. The molecule has 0 bridgehead atoms. The van der Waals surface area contributed by atoms with Crippen molar-refractivity contribution in [3.05, 3.63) is 70.8 Å². The van der Waals surface area contributed by atoms with Gasteiger partial charge in [0.05, 0.1) is 25.2 Å². The van der Waals surface area contributed by atoms with E-state index in [1.807, 2.05) is 12.1 Å². The lowest BCUT2D eigenvalue weighted by molar-refractivity contribution is -0.125. The molecule has 0 saturated heterocycles. The molecule has 9 heteroatoms. The molecule has 168 valence electrons. The molecule has 0 radical (unpaired) electrons. The van der Waals surface area contributed by atoms with E-state index in [1.165, 1.54) is 0 Å². The summed E-state index contributed by atoms with van der Waals surface area (Å²) in [6, 6.07) is 11.6. The molecular weight excluding hydrogens is 436 g/mol. The van der Waals surface area contributed by atoms with Gasteiger partial charge in [0.1, 0.15) is 6.10 Å². The van der Waals surface area contributed by atoms with Crippen molar-refractivity contribution < 1.29 is 28.9 Å². The molecule has 0 spiro atoms. The second-order valence-corrected chi connectivity index (χ2v) is 7.89. The quantitative estimate of drug-likeness (QED) is 0.549. The van der Waals surface area contributed by atoms with Gasteiger partial charge < -0.3 is 30.0 Å². The van der Waals surface area contributed by atoms with Gasteiger partial charge in [0.2, 0.25) is 12.7 Å². The van der Waals surface area contributed by atoms with Crippen LogP contribution in [0.1, 0.15) is 22.3 Å². The molecule has 0 aromatic heterocycles. The van der Waals surface area contributed by atoms with Crippen molar-refractivity contribution in [2.75, 3.05) is 13.4 Å². The second-order valence-electron chi connectivity index (χ2n) is 7.46. The standard InChI is InChI=1S/C23H23ClN2O6/c24-16-4-1-14(2-5-16)11-25-22(28)10-17-6-7-18(21(12-27)32-17)26-23(29)15-3-8-19-20(9-15)31-13-30-19/h1-9,17-18,21,27H,10-13H2,(H,25,28)(H,26,29)/t17-,18-,21-/m1/s1. The Balaban J connectivity index is 1.30. The van der Waals surface area contributed by atoms with Crippen molar-refractivity contribution in [3.8, 4) is 11.5 Å². The van der Waals surface area contributed by atoms with E-state index in [-0.39, 0.29) is 31.6 Å². The predicted molar refractivity (Wildman–Crippen MR) is 117 cm³/mol. The Morgan fingerprint density at radius 3 is 2.62 bits per heavy atom. The highest BCUT2D eigenvalue weighted by atomic mass is 35.5. The number of halogens is 1. The molecule has 0 unspecified atom stereocenters. The summed E-state index contributed by atoms with van der Waals surface area (Å²) in [7, 11) is 0. The largest absolute Gasteiger partial charge is 0.454 e. The first-order valence-corrected chi connectivity index (χ1v) is 10.6. The number of nitrogens with one attached hydrogen (secondary N) is 2. The van der Waals surface area contributed by atoms with E-state index < -0.39 is 18.2 Å². The van der Waals surface area contributed by atoms with E-state index in [0.717, 1.165) is 5.56 Å². The number of fused-ring (bicyclic) bond motifs is 1. The van der Waals surface area contributed by atoms with E-state index in [9.17, 15) is 14.7 Å². The van der Waals surface area contributed by atoms with Crippen LogP contribution in [0.3, 0.4) is 0 Å². The fourth-order valence-electron chi connectivity index (χ4n) is 3.47. The summed E-state index contributed by atoms with van der Waals surface area (Å²) in [5, 5.41) is 16.0. The van der Waals surface area contributed by atoms with E-state index >= 15 is 0 Å². The molecule has 0 aliphatic carbocycles. The molecule has 0 fully saturated rings. The van der Waals surface area contributed by atoms with Crippen LogP contribution in [0.4, 0.5) is 0 Å². The van der Waals surface area contributed by atoms with Gasteiger partial charge in [-0.3, -0.25) is 9.59 Å². The van der Waals surface area contributed by atoms with Crippen LogP contribution in [0, 0.1) is 0 Å². The second kappa shape index (κ2) is 10.0. The molecule has 32 heavy (non-hydrogen) atoms. The fraction of sp³-hybridized carbons (Fsp3) is 0.304. The van der Waals surface area contributed by atoms with Crippen LogP contribution in [0.15, 0.2) is 54.6 Å². The van der Waals surface area contributed by atoms with Gasteiger partial charge in [-0.1, -0.05) is 35.9 Å². The maximum Gasteiger partial charge on any atom is 0.251 e.